The summed E-state index contributed by atoms with van der Waals surface area (Å²) in [5.74, 6) is -0.864. The fourth-order valence-corrected chi connectivity index (χ4v) is 3.63. The maximum Gasteiger partial charge on any atom is 0.261 e. The van der Waals surface area contributed by atoms with E-state index in [0.29, 0.717) is 16.5 Å². The van der Waals surface area contributed by atoms with E-state index < -0.39 is 21.7 Å². The van der Waals surface area contributed by atoms with Gasteiger partial charge in [-0.15, -0.1) is 0 Å². The molecule has 0 aliphatic heterocycles. The second-order valence-electron chi connectivity index (χ2n) is 5.94. The Balaban J connectivity index is 1.76. The van der Waals surface area contributed by atoms with Crippen LogP contribution in [0.1, 0.15) is 10.4 Å². The maximum atomic E-state index is 14.4. The Morgan fingerprint density at radius 1 is 1.00 bits per heavy atom. The van der Waals surface area contributed by atoms with Crippen LogP contribution in [0.3, 0.4) is 0 Å². The molecule has 2 N–H and O–H groups in total. The number of carbonyl (C=O) groups excluding carboxylic acids is 1. The first kappa shape index (κ1) is 20.6. The van der Waals surface area contributed by atoms with Crippen LogP contribution in [-0.2, 0) is 10.0 Å². The minimum absolute atomic E-state index is 0.145. The van der Waals surface area contributed by atoms with Crippen molar-refractivity contribution >= 4 is 38.9 Å². The molecular weight excluding hydrogens is 419 g/mol. The van der Waals surface area contributed by atoms with Crippen LogP contribution < -0.4 is 14.8 Å². The first-order chi connectivity index (χ1) is 13.8. The van der Waals surface area contributed by atoms with Crippen molar-refractivity contribution in [2.75, 3.05) is 17.1 Å². The average molecular weight is 435 g/mol. The molecule has 3 aromatic carbocycles. The molecular formula is C20H16ClFN2O4S. The molecule has 0 unspecified atom stereocenters. The molecule has 150 valence electrons. The van der Waals surface area contributed by atoms with Gasteiger partial charge >= 0.3 is 0 Å². The largest absolute Gasteiger partial charge is 0.497 e. The molecule has 0 spiro atoms. The molecule has 0 bridgehead atoms. The summed E-state index contributed by atoms with van der Waals surface area (Å²) in [6, 6.07) is 15.5. The predicted molar refractivity (Wildman–Crippen MR) is 110 cm³/mol. The Labute approximate surface area is 172 Å². The number of hydrogen-bond acceptors (Lipinski definition) is 4. The zero-order valence-electron chi connectivity index (χ0n) is 15.1. The number of hydrogen-bond donors (Lipinski definition) is 2. The monoisotopic (exact) mass is 434 g/mol. The summed E-state index contributed by atoms with van der Waals surface area (Å²) in [6.45, 7) is 0. The fourth-order valence-electron chi connectivity index (χ4n) is 2.43. The highest BCUT2D eigenvalue weighted by Crippen LogP contribution is 2.23. The van der Waals surface area contributed by atoms with Gasteiger partial charge in [0.1, 0.15) is 11.6 Å². The lowest BCUT2D eigenvalue weighted by atomic mass is 10.2. The Hall–Kier alpha value is -3.10. The van der Waals surface area contributed by atoms with Crippen molar-refractivity contribution in [2.24, 2.45) is 0 Å². The number of nitrogens with one attached hydrogen (secondary N) is 2. The van der Waals surface area contributed by atoms with Crippen molar-refractivity contribution in [3.63, 3.8) is 0 Å². The summed E-state index contributed by atoms with van der Waals surface area (Å²) in [5, 5.41) is 2.87. The zero-order chi connectivity index (χ0) is 21.0. The van der Waals surface area contributed by atoms with Crippen LogP contribution in [0.25, 0.3) is 0 Å². The van der Waals surface area contributed by atoms with E-state index >= 15 is 0 Å². The second kappa shape index (κ2) is 8.50. The number of anilines is 2. The number of methoxy groups -OCH3 is 1. The second-order valence-corrected chi connectivity index (χ2v) is 8.06. The van der Waals surface area contributed by atoms with Gasteiger partial charge in [0.15, 0.2) is 0 Å². The first-order valence-corrected chi connectivity index (χ1v) is 10.2. The van der Waals surface area contributed by atoms with Crippen LogP contribution in [0.5, 0.6) is 5.75 Å². The van der Waals surface area contributed by atoms with Gasteiger partial charge in [0.25, 0.3) is 15.9 Å². The molecule has 0 saturated carbocycles. The van der Waals surface area contributed by atoms with Gasteiger partial charge in [-0.1, -0.05) is 11.6 Å². The SMILES string of the molecule is COc1ccc(NS(=O)(=O)c2ccc(NC(=O)c3ccc(Cl)cc3)c(F)c2)cc1. The quantitative estimate of drug-likeness (QED) is 0.596. The minimum Gasteiger partial charge on any atom is -0.497 e. The average Bonchev–Trinajstić information content (AvgIpc) is 2.70. The summed E-state index contributed by atoms with van der Waals surface area (Å²) in [7, 11) is -2.52. The molecule has 0 aromatic heterocycles. The number of ether oxygens (including phenoxy) is 1. The smallest absolute Gasteiger partial charge is 0.261 e. The van der Waals surface area contributed by atoms with E-state index in [4.69, 9.17) is 16.3 Å². The third-order valence-electron chi connectivity index (χ3n) is 3.95. The third-order valence-corrected chi connectivity index (χ3v) is 5.58. The Morgan fingerprint density at radius 3 is 2.24 bits per heavy atom. The highest BCUT2D eigenvalue weighted by Gasteiger charge is 2.18. The highest BCUT2D eigenvalue weighted by atomic mass is 35.5. The van der Waals surface area contributed by atoms with Crippen LogP contribution in [0.4, 0.5) is 15.8 Å². The molecule has 3 rings (SSSR count). The molecule has 29 heavy (non-hydrogen) atoms. The summed E-state index contributed by atoms with van der Waals surface area (Å²) >= 11 is 5.77. The minimum atomic E-state index is -4.02. The molecule has 0 heterocycles. The third kappa shape index (κ3) is 5.04. The van der Waals surface area contributed by atoms with Gasteiger partial charge in [0.05, 0.1) is 17.7 Å². The van der Waals surface area contributed by atoms with E-state index in [9.17, 15) is 17.6 Å². The molecule has 9 heteroatoms. The Kier molecular flexibility index (Phi) is 6.05. The van der Waals surface area contributed by atoms with E-state index in [1.165, 1.54) is 55.6 Å². The lowest BCUT2D eigenvalue weighted by molar-refractivity contribution is 0.102. The topological polar surface area (TPSA) is 84.5 Å². The van der Waals surface area contributed by atoms with Gasteiger partial charge in [-0.2, -0.15) is 0 Å². The molecule has 0 aliphatic carbocycles. The van der Waals surface area contributed by atoms with Crippen LogP contribution in [-0.4, -0.2) is 21.4 Å². The van der Waals surface area contributed by atoms with Crippen molar-refractivity contribution in [1.29, 1.82) is 0 Å². The summed E-state index contributed by atoms with van der Waals surface area (Å²) in [6.07, 6.45) is 0. The summed E-state index contributed by atoms with van der Waals surface area (Å²) in [5.41, 5.74) is 0.436. The molecule has 0 atom stereocenters. The molecule has 0 fully saturated rings. The number of benzene rings is 3. The molecule has 0 aliphatic rings. The highest BCUT2D eigenvalue weighted by molar-refractivity contribution is 7.92. The Bertz CT molecular complexity index is 1130. The number of halogens is 2. The van der Waals surface area contributed by atoms with Crippen molar-refractivity contribution in [3.05, 3.63) is 83.1 Å². The van der Waals surface area contributed by atoms with Crippen LogP contribution in [0.2, 0.25) is 5.02 Å². The lowest BCUT2D eigenvalue weighted by Gasteiger charge is -2.11. The normalized spacial score (nSPS) is 11.0. The maximum absolute atomic E-state index is 14.4. The van der Waals surface area contributed by atoms with Gasteiger partial charge in [-0.3, -0.25) is 9.52 Å². The van der Waals surface area contributed by atoms with E-state index in [0.717, 1.165) is 6.07 Å². The van der Waals surface area contributed by atoms with Gasteiger partial charge in [0.2, 0.25) is 0 Å². The van der Waals surface area contributed by atoms with Crippen molar-refractivity contribution < 1.29 is 22.3 Å². The van der Waals surface area contributed by atoms with Gasteiger partial charge in [0, 0.05) is 16.3 Å². The van der Waals surface area contributed by atoms with E-state index in [2.05, 4.69) is 10.0 Å². The first-order valence-electron chi connectivity index (χ1n) is 8.32. The molecule has 0 saturated heterocycles. The Morgan fingerprint density at radius 2 is 1.66 bits per heavy atom. The lowest BCUT2D eigenvalue weighted by Crippen LogP contribution is -2.15. The summed E-state index contributed by atoms with van der Waals surface area (Å²) in [4.78, 5) is 11.9. The van der Waals surface area contributed by atoms with Gasteiger partial charge < -0.3 is 10.1 Å². The fraction of sp³-hybridized carbons (Fsp3) is 0.0500. The summed E-state index contributed by atoms with van der Waals surface area (Å²) < 4.78 is 46.8. The van der Waals surface area contributed by atoms with E-state index in [1.54, 1.807) is 12.1 Å². The van der Waals surface area contributed by atoms with Crippen molar-refractivity contribution in [3.8, 4) is 5.75 Å². The van der Waals surface area contributed by atoms with E-state index in [-0.39, 0.29) is 16.1 Å². The van der Waals surface area contributed by atoms with Crippen molar-refractivity contribution in [1.82, 2.24) is 0 Å². The molecule has 3 aromatic rings. The molecule has 1 amide bonds. The predicted octanol–water partition coefficient (Wildman–Crippen LogP) is 4.54. The van der Waals surface area contributed by atoms with Crippen molar-refractivity contribution in [2.45, 2.75) is 4.90 Å². The van der Waals surface area contributed by atoms with Gasteiger partial charge in [-0.25, -0.2) is 12.8 Å². The number of carbonyl (C=O) groups is 1. The molecule has 6 nitrogen and oxygen atoms in total. The zero-order valence-corrected chi connectivity index (χ0v) is 16.7. The van der Waals surface area contributed by atoms with Crippen LogP contribution in [0, 0.1) is 5.82 Å². The van der Waals surface area contributed by atoms with Gasteiger partial charge in [-0.05, 0) is 66.7 Å². The van der Waals surface area contributed by atoms with E-state index in [1.807, 2.05) is 0 Å². The number of sulfonamides is 1. The van der Waals surface area contributed by atoms with Crippen LogP contribution in [0.15, 0.2) is 71.6 Å². The van der Waals surface area contributed by atoms with Crippen LogP contribution >= 0.6 is 11.6 Å². The number of amides is 1. The molecule has 0 radical (unpaired) electrons. The number of rotatable bonds is 6. The standard InChI is InChI=1S/C20H16ClFN2O4S/c1-28-16-8-6-15(7-9-16)24-29(26,27)17-10-11-19(18(22)12-17)23-20(25)13-2-4-14(21)5-3-13/h2-12,24H,1H3,(H,23,25).